The topological polar surface area (TPSA) is 17.1 Å². The Kier molecular flexibility index (Phi) is 3.34. The smallest absolute Gasteiger partial charge is 0.193 e. The molecule has 0 saturated heterocycles. The number of hydrogen-bond donors (Lipinski definition) is 0. The molecule has 2 rings (SSSR count). The van der Waals surface area contributed by atoms with Crippen LogP contribution >= 0.6 is 0 Å². The molecular formula is C16H12O. The first-order valence-electron chi connectivity index (χ1n) is 5.37. The van der Waals surface area contributed by atoms with Crippen molar-refractivity contribution in [1.29, 1.82) is 0 Å². The zero-order chi connectivity index (χ0) is 12.1. The highest BCUT2D eigenvalue weighted by Gasteiger charge is 2.07. The van der Waals surface area contributed by atoms with Gasteiger partial charge in [-0.3, -0.25) is 4.79 Å². The Morgan fingerprint density at radius 1 is 0.941 bits per heavy atom. The van der Waals surface area contributed by atoms with E-state index in [9.17, 15) is 4.79 Å². The van der Waals surface area contributed by atoms with Crippen molar-refractivity contribution in [3.8, 4) is 0 Å². The molecule has 2 aromatic carbocycles. The second kappa shape index (κ2) is 5.11. The summed E-state index contributed by atoms with van der Waals surface area (Å²) in [7, 11) is 0. The number of rotatable bonds is 3. The summed E-state index contributed by atoms with van der Waals surface area (Å²) in [5.41, 5.74) is 5.09. The van der Waals surface area contributed by atoms with Crippen molar-refractivity contribution in [2.45, 2.75) is 0 Å². The highest BCUT2D eigenvalue weighted by Crippen LogP contribution is 2.11. The largest absolute Gasteiger partial charge is 0.289 e. The Hall–Kier alpha value is -2.37. The summed E-state index contributed by atoms with van der Waals surface area (Å²) in [6.07, 6.45) is 1.77. The van der Waals surface area contributed by atoms with Gasteiger partial charge < -0.3 is 0 Å². The zero-order valence-electron chi connectivity index (χ0n) is 9.39. The number of hydrogen-bond acceptors (Lipinski definition) is 1. The van der Waals surface area contributed by atoms with Gasteiger partial charge in [0, 0.05) is 11.1 Å². The summed E-state index contributed by atoms with van der Waals surface area (Å²) in [5.74, 6) is 0.0414. The fourth-order valence-corrected chi connectivity index (χ4v) is 1.60. The van der Waals surface area contributed by atoms with Crippen LogP contribution in [0.3, 0.4) is 0 Å². The molecule has 2 aromatic rings. The van der Waals surface area contributed by atoms with E-state index in [0.29, 0.717) is 11.1 Å². The highest BCUT2D eigenvalue weighted by molar-refractivity contribution is 6.09. The van der Waals surface area contributed by atoms with Crippen LogP contribution in [0.25, 0.3) is 6.08 Å². The van der Waals surface area contributed by atoms with Gasteiger partial charge in [-0.2, -0.15) is 0 Å². The molecule has 0 bridgehead atoms. The van der Waals surface area contributed by atoms with Crippen molar-refractivity contribution in [3.05, 3.63) is 83.6 Å². The molecule has 1 nitrogen and oxygen atoms in total. The Morgan fingerprint density at radius 3 is 2.12 bits per heavy atom. The lowest BCUT2D eigenvalue weighted by atomic mass is 10.0. The maximum absolute atomic E-state index is 12.1. The van der Waals surface area contributed by atoms with Crippen LogP contribution in [0.15, 0.2) is 66.9 Å². The number of carbonyl (C=O) groups excluding carboxylic acids is 1. The standard InChI is InChI=1S/C16H12O/c1-2-6-13-9-11-15(12-10-13)16(17)14-7-4-3-5-8-14/h3-12H,1H2. The molecule has 0 aromatic heterocycles. The van der Waals surface area contributed by atoms with Gasteiger partial charge in [-0.25, -0.2) is 0 Å². The van der Waals surface area contributed by atoms with E-state index >= 15 is 0 Å². The second-order valence-corrected chi connectivity index (χ2v) is 3.67. The molecule has 0 N–H and O–H groups in total. The lowest BCUT2D eigenvalue weighted by Gasteiger charge is -2.01. The lowest BCUT2D eigenvalue weighted by molar-refractivity contribution is 0.103. The van der Waals surface area contributed by atoms with Crippen LogP contribution in [0.1, 0.15) is 21.5 Å². The van der Waals surface area contributed by atoms with Crippen molar-refractivity contribution >= 4 is 11.9 Å². The molecule has 0 saturated carbocycles. The van der Waals surface area contributed by atoms with Gasteiger partial charge in [0.15, 0.2) is 5.78 Å². The number of carbonyl (C=O) groups is 1. The van der Waals surface area contributed by atoms with Crippen LogP contribution in [-0.4, -0.2) is 5.78 Å². The first-order valence-corrected chi connectivity index (χ1v) is 5.37. The van der Waals surface area contributed by atoms with Crippen molar-refractivity contribution in [2.75, 3.05) is 0 Å². The minimum Gasteiger partial charge on any atom is -0.289 e. The molecule has 0 aliphatic rings. The van der Waals surface area contributed by atoms with Crippen molar-refractivity contribution in [3.63, 3.8) is 0 Å². The van der Waals surface area contributed by atoms with Gasteiger partial charge in [0.1, 0.15) is 0 Å². The molecule has 0 aliphatic carbocycles. The highest BCUT2D eigenvalue weighted by atomic mass is 16.1. The Balaban J connectivity index is 2.29. The summed E-state index contributed by atoms with van der Waals surface area (Å²) in [5, 5.41) is 0. The van der Waals surface area contributed by atoms with Gasteiger partial charge in [-0.15, -0.1) is 5.73 Å². The predicted molar refractivity (Wildman–Crippen MR) is 69.9 cm³/mol. The normalized spacial score (nSPS) is 9.41. The van der Waals surface area contributed by atoms with Crippen LogP contribution < -0.4 is 0 Å². The molecule has 1 heteroatoms. The zero-order valence-corrected chi connectivity index (χ0v) is 9.39. The third kappa shape index (κ3) is 2.60. The van der Waals surface area contributed by atoms with Crippen LogP contribution in [0.4, 0.5) is 0 Å². The van der Waals surface area contributed by atoms with Crippen LogP contribution in [0.5, 0.6) is 0 Å². The monoisotopic (exact) mass is 220 g/mol. The molecule has 17 heavy (non-hydrogen) atoms. The minimum atomic E-state index is 0.0414. The molecular weight excluding hydrogens is 208 g/mol. The molecule has 0 aliphatic heterocycles. The van der Waals surface area contributed by atoms with E-state index < -0.39 is 0 Å². The molecule has 0 atom stereocenters. The first-order chi connectivity index (χ1) is 8.31. The molecule has 0 amide bonds. The quantitative estimate of drug-likeness (QED) is 0.569. The van der Waals surface area contributed by atoms with Crippen molar-refractivity contribution in [2.24, 2.45) is 0 Å². The molecule has 0 heterocycles. The average Bonchev–Trinajstić information content (AvgIpc) is 2.40. The van der Waals surface area contributed by atoms with Crippen molar-refractivity contribution < 1.29 is 4.79 Å². The maximum atomic E-state index is 12.1. The van der Waals surface area contributed by atoms with E-state index in [-0.39, 0.29) is 5.78 Å². The fourth-order valence-electron chi connectivity index (χ4n) is 1.60. The van der Waals surface area contributed by atoms with E-state index in [2.05, 4.69) is 12.3 Å². The van der Waals surface area contributed by atoms with Crippen LogP contribution in [-0.2, 0) is 0 Å². The summed E-state index contributed by atoms with van der Waals surface area (Å²) >= 11 is 0. The van der Waals surface area contributed by atoms with E-state index in [1.807, 2.05) is 54.6 Å². The number of benzene rings is 2. The van der Waals surface area contributed by atoms with Gasteiger partial charge in [0.05, 0.1) is 0 Å². The first kappa shape index (κ1) is 11.1. The summed E-state index contributed by atoms with van der Waals surface area (Å²) in [6, 6.07) is 16.7. The van der Waals surface area contributed by atoms with E-state index in [1.54, 1.807) is 6.08 Å². The molecule has 0 spiro atoms. The summed E-state index contributed by atoms with van der Waals surface area (Å²) in [4.78, 5) is 12.1. The van der Waals surface area contributed by atoms with Gasteiger partial charge >= 0.3 is 0 Å². The van der Waals surface area contributed by atoms with E-state index in [4.69, 9.17) is 0 Å². The molecule has 0 radical (unpaired) electrons. The van der Waals surface area contributed by atoms with Gasteiger partial charge in [-0.05, 0) is 11.6 Å². The third-order valence-corrected chi connectivity index (χ3v) is 2.48. The Bertz CT molecular complexity index is 558. The molecule has 0 unspecified atom stereocenters. The fraction of sp³-hybridized carbons (Fsp3) is 0. The van der Waals surface area contributed by atoms with Crippen molar-refractivity contribution in [1.82, 2.24) is 0 Å². The Labute approximate surface area is 101 Å². The molecule has 0 fully saturated rings. The minimum absolute atomic E-state index is 0.0414. The average molecular weight is 220 g/mol. The maximum Gasteiger partial charge on any atom is 0.193 e. The summed E-state index contributed by atoms with van der Waals surface area (Å²) in [6.45, 7) is 3.51. The number of ketones is 1. The van der Waals surface area contributed by atoms with Gasteiger partial charge in [0.2, 0.25) is 0 Å². The lowest BCUT2D eigenvalue weighted by Crippen LogP contribution is -2.00. The molecule has 82 valence electrons. The van der Waals surface area contributed by atoms with E-state index in [0.717, 1.165) is 5.56 Å². The van der Waals surface area contributed by atoms with Gasteiger partial charge in [-0.1, -0.05) is 61.2 Å². The third-order valence-electron chi connectivity index (χ3n) is 2.48. The van der Waals surface area contributed by atoms with E-state index in [1.165, 1.54) is 0 Å². The predicted octanol–water partition coefficient (Wildman–Crippen LogP) is 3.72. The Morgan fingerprint density at radius 2 is 1.53 bits per heavy atom. The second-order valence-electron chi connectivity index (χ2n) is 3.67. The van der Waals surface area contributed by atoms with Crippen LogP contribution in [0, 0.1) is 0 Å². The summed E-state index contributed by atoms with van der Waals surface area (Å²) < 4.78 is 0. The van der Waals surface area contributed by atoms with Crippen LogP contribution in [0.2, 0.25) is 0 Å². The van der Waals surface area contributed by atoms with Gasteiger partial charge in [0.25, 0.3) is 0 Å². The SMILES string of the molecule is C=C=Cc1ccc(C(=O)c2ccccc2)cc1.